The first-order chi connectivity index (χ1) is 11.8. The van der Waals surface area contributed by atoms with Gasteiger partial charge in [0, 0.05) is 11.1 Å². The summed E-state index contributed by atoms with van der Waals surface area (Å²) in [4.78, 5) is 23.7. The molecule has 0 unspecified atom stereocenters. The Kier molecular flexibility index (Phi) is 4.52. The zero-order valence-electron chi connectivity index (χ0n) is 13.2. The van der Waals surface area contributed by atoms with Gasteiger partial charge in [-0.2, -0.15) is 0 Å². The molecule has 0 radical (unpaired) electrons. The first kappa shape index (κ1) is 15.7. The maximum Gasteiger partial charge on any atom is 0.338 e. The lowest BCUT2D eigenvalue weighted by Gasteiger charge is -2.15. The second-order valence-electron chi connectivity index (χ2n) is 5.29. The van der Waals surface area contributed by atoms with Crippen molar-refractivity contribution in [3.8, 4) is 22.3 Å². The second kappa shape index (κ2) is 6.92. The van der Waals surface area contributed by atoms with E-state index >= 15 is 0 Å². The van der Waals surface area contributed by atoms with Crippen molar-refractivity contribution in [3.63, 3.8) is 0 Å². The lowest BCUT2D eigenvalue weighted by atomic mass is 9.89. The number of esters is 1. The molecule has 3 aromatic carbocycles. The first-order valence-electron chi connectivity index (χ1n) is 7.57. The van der Waals surface area contributed by atoms with E-state index < -0.39 is 5.97 Å². The molecule has 0 saturated carbocycles. The Morgan fingerprint density at radius 1 is 0.833 bits per heavy atom. The van der Waals surface area contributed by atoms with Gasteiger partial charge in [0.15, 0.2) is 6.29 Å². The van der Waals surface area contributed by atoms with Crippen LogP contribution in [0.4, 0.5) is 0 Å². The predicted molar refractivity (Wildman–Crippen MR) is 94.0 cm³/mol. The Bertz CT molecular complexity index is 883. The summed E-state index contributed by atoms with van der Waals surface area (Å²) in [6, 6.07) is 22.7. The fraction of sp³-hybridized carbons (Fsp3) is 0.0476. The number of benzene rings is 3. The minimum atomic E-state index is -0.462. The molecule has 0 bridgehead atoms. The molecule has 0 aliphatic rings. The highest BCUT2D eigenvalue weighted by atomic mass is 16.5. The van der Waals surface area contributed by atoms with Gasteiger partial charge in [-0.1, -0.05) is 66.7 Å². The Morgan fingerprint density at radius 2 is 1.50 bits per heavy atom. The van der Waals surface area contributed by atoms with E-state index in [0.717, 1.165) is 23.0 Å². The summed E-state index contributed by atoms with van der Waals surface area (Å²) in [7, 11) is 1.34. The third-order valence-electron chi connectivity index (χ3n) is 3.91. The summed E-state index contributed by atoms with van der Waals surface area (Å²) in [6.07, 6.45) is 0.767. The maximum atomic E-state index is 12.2. The lowest BCUT2D eigenvalue weighted by Crippen LogP contribution is -2.06. The van der Waals surface area contributed by atoms with Crippen LogP contribution in [-0.4, -0.2) is 19.4 Å². The lowest BCUT2D eigenvalue weighted by molar-refractivity contribution is 0.0601. The molecule has 24 heavy (non-hydrogen) atoms. The summed E-state index contributed by atoms with van der Waals surface area (Å²) in [5.74, 6) is -0.462. The van der Waals surface area contributed by atoms with E-state index in [1.807, 2.05) is 54.6 Å². The van der Waals surface area contributed by atoms with Crippen molar-refractivity contribution in [3.05, 3.63) is 83.9 Å². The van der Waals surface area contributed by atoms with Crippen molar-refractivity contribution in [1.29, 1.82) is 0 Å². The summed E-state index contributed by atoms with van der Waals surface area (Å²) >= 11 is 0. The SMILES string of the molecule is COC(=O)c1cccc(C=O)c1-c1ccccc1-c1ccccc1. The van der Waals surface area contributed by atoms with Gasteiger partial charge >= 0.3 is 5.97 Å². The first-order valence-corrected chi connectivity index (χ1v) is 7.57. The van der Waals surface area contributed by atoms with Gasteiger partial charge in [0.25, 0.3) is 0 Å². The zero-order chi connectivity index (χ0) is 16.9. The molecule has 3 aromatic rings. The van der Waals surface area contributed by atoms with Gasteiger partial charge in [-0.3, -0.25) is 4.79 Å². The second-order valence-corrected chi connectivity index (χ2v) is 5.29. The Labute approximate surface area is 140 Å². The molecule has 3 rings (SSSR count). The van der Waals surface area contributed by atoms with E-state index in [-0.39, 0.29) is 0 Å². The van der Waals surface area contributed by atoms with Crippen molar-refractivity contribution in [1.82, 2.24) is 0 Å². The van der Waals surface area contributed by atoms with Crippen LogP contribution in [0, 0.1) is 0 Å². The molecule has 0 saturated heterocycles. The van der Waals surface area contributed by atoms with Crippen molar-refractivity contribution in [2.75, 3.05) is 7.11 Å². The number of rotatable bonds is 4. The van der Waals surface area contributed by atoms with Gasteiger partial charge in [0.2, 0.25) is 0 Å². The molecule has 0 amide bonds. The van der Waals surface area contributed by atoms with Crippen LogP contribution in [0.3, 0.4) is 0 Å². The highest BCUT2D eigenvalue weighted by Gasteiger charge is 2.19. The van der Waals surface area contributed by atoms with Gasteiger partial charge < -0.3 is 4.74 Å². The highest BCUT2D eigenvalue weighted by molar-refractivity contribution is 6.05. The van der Waals surface area contributed by atoms with E-state index in [9.17, 15) is 9.59 Å². The van der Waals surface area contributed by atoms with Crippen molar-refractivity contribution < 1.29 is 14.3 Å². The molecule has 0 heterocycles. The normalized spacial score (nSPS) is 10.2. The third-order valence-corrected chi connectivity index (χ3v) is 3.91. The number of aldehydes is 1. The largest absolute Gasteiger partial charge is 0.465 e. The Balaban J connectivity index is 2.31. The molecular weight excluding hydrogens is 300 g/mol. The van der Waals surface area contributed by atoms with E-state index in [1.165, 1.54) is 7.11 Å². The Hall–Kier alpha value is -3.20. The number of hydrogen-bond acceptors (Lipinski definition) is 3. The monoisotopic (exact) mass is 316 g/mol. The van der Waals surface area contributed by atoms with Crippen LogP contribution in [0.25, 0.3) is 22.3 Å². The fourth-order valence-corrected chi connectivity index (χ4v) is 2.82. The standard InChI is InChI=1S/C21H16O3/c1-24-21(23)19-13-7-10-16(14-22)20(19)18-12-6-5-11-17(18)15-8-3-2-4-9-15/h2-14H,1H3. The number of methoxy groups -OCH3 is 1. The van der Waals surface area contributed by atoms with Crippen LogP contribution in [-0.2, 0) is 4.74 Å². The summed E-state index contributed by atoms with van der Waals surface area (Å²) in [5.41, 5.74) is 4.24. The molecular formula is C21H16O3. The third kappa shape index (κ3) is 2.84. The minimum absolute atomic E-state index is 0.380. The van der Waals surface area contributed by atoms with Crippen LogP contribution < -0.4 is 0 Å². The van der Waals surface area contributed by atoms with Crippen LogP contribution in [0.15, 0.2) is 72.8 Å². The molecule has 0 fully saturated rings. The summed E-state index contributed by atoms with van der Waals surface area (Å²) < 4.78 is 4.89. The number of ether oxygens (including phenoxy) is 1. The average Bonchev–Trinajstić information content (AvgIpc) is 2.67. The van der Waals surface area contributed by atoms with E-state index in [2.05, 4.69) is 0 Å². The van der Waals surface area contributed by atoms with Crippen molar-refractivity contribution >= 4 is 12.3 Å². The molecule has 0 aliphatic heterocycles. The van der Waals surface area contributed by atoms with Gasteiger partial charge in [0.05, 0.1) is 12.7 Å². The van der Waals surface area contributed by atoms with Crippen LogP contribution in [0.5, 0.6) is 0 Å². The molecule has 0 atom stereocenters. The fourth-order valence-electron chi connectivity index (χ4n) is 2.82. The van der Waals surface area contributed by atoms with Crippen molar-refractivity contribution in [2.45, 2.75) is 0 Å². The number of carbonyl (C=O) groups is 2. The summed E-state index contributed by atoms with van der Waals surface area (Å²) in [5, 5.41) is 0. The number of hydrogen-bond donors (Lipinski definition) is 0. The molecule has 3 heteroatoms. The average molecular weight is 316 g/mol. The zero-order valence-corrected chi connectivity index (χ0v) is 13.2. The van der Waals surface area contributed by atoms with Crippen LogP contribution in [0.2, 0.25) is 0 Å². The highest BCUT2D eigenvalue weighted by Crippen LogP contribution is 2.35. The predicted octanol–water partition coefficient (Wildman–Crippen LogP) is 4.62. The molecule has 0 N–H and O–H groups in total. The van der Waals surface area contributed by atoms with Crippen LogP contribution >= 0.6 is 0 Å². The van der Waals surface area contributed by atoms with Gasteiger partial charge in [-0.15, -0.1) is 0 Å². The Morgan fingerprint density at radius 3 is 2.17 bits per heavy atom. The molecule has 0 aliphatic carbocycles. The van der Waals surface area contributed by atoms with Crippen LogP contribution in [0.1, 0.15) is 20.7 Å². The molecule has 0 spiro atoms. The van der Waals surface area contributed by atoms with Gasteiger partial charge in [0.1, 0.15) is 0 Å². The van der Waals surface area contributed by atoms with Gasteiger partial charge in [-0.05, 0) is 22.8 Å². The van der Waals surface area contributed by atoms with E-state index in [4.69, 9.17) is 4.74 Å². The number of carbonyl (C=O) groups excluding carboxylic acids is 2. The molecule has 3 nitrogen and oxygen atoms in total. The summed E-state index contributed by atoms with van der Waals surface area (Å²) in [6.45, 7) is 0. The van der Waals surface area contributed by atoms with Crippen molar-refractivity contribution in [2.24, 2.45) is 0 Å². The quantitative estimate of drug-likeness (QED) is 0.521. The smallest absolute Gasteiger partial charge is 0.338 e. The topological polar surface area (TPSA) is 43.4 Å². The maximum absolute atomic E-state index is 12.2. The van der Waals surface area contributed by atoms with E-state index in [0.29, 0.717) is 16.7 Å². The van der Waals surface area contributed by atoms with Gasteiger partial charge in [-0.25, -0.2) is 4.79 Å². The molecule has 0 aromatic heterocycles. The molecule has 118 valence electrons. The van der Waals surface area contributed by atoms with E-state index in [1.54, 1.807) is 18.2 Å². The minimum Gasteiger partial charge on any atom is -0.465 e.